The lowest BCUT2D eigenvalue weighted by Crippen LogP contribution is -2.46. The van der Waals surface area contributed by atoms with E-state index >= 15 is 0 Å². The Morgan fingerprint density at radius 2 is 1.39 bits per heavy atom. The number of nitrogens with one attached hydrogen (secondary N) is 2. The topological polar surface area (TPSA) is 134 Å². The van der Waals surface area contributed by atoms with Gasteiger partial charge in [0.15, 0.2) is 0 Å². The number of thiazole rings is 2. The molecule has 0 bridgehead atoms. The maximum absolute atomic E-state index is 13.9. The predicted octanol–water partition coefficient (Wildman–Crippen LogP) is 11.2. The van der Waals surface area contributed by atoms with Gasteiger partial charge in [-0.15, -0.1) is 22.7 Å². The summed E-state index contributed by atoms with van der Waals surface area (Å²) in [6, 6.07) is 14.7. The predicted molar refractivity (Wildman–Crippen MR) is 299 cm³/mol. The number of piperidine rings is 4. The molecular formula is C56H80N10O3S2Si. The number of ether oxygens (including phenoxy) is 1. The van der Waals surface area contributed by atoms with Crippen LogP contribution in [-0.2, 0) is 33.9 Å². The maximum Gasteiger partial charge on any atom is 0.314 e. The summed E-state index contributed by atoms with van der Waals surface area (Å²) in [7, 11) is 3.21. The Labute approximate surface area is 436 Å². The van der Waals surface area contributed by atoms with Gasteiger partial charge in [-0.2, -0.15) is 5.10 Å². The van der Waals surface area contributed by atoms with E-state index in [-0.39, 0.29) is 18.2 Å². The van der Waals surface area contributed by atoms with Crippen molar-refractivity contribution in [1.29, 1.82) is 0 Å². The molecule has 2 aromatic carbocycles. The molecule has 4 aliphatic heterocycles. The summed E-state index contributed by atoms with van der Waals surface area (Å²) >= 11 is 3.68. The zero-order valence-electron chi connectivity index (χ0n) is 44.6. The number of nitrogens with zero attached hydrogens (tertiary/aromatic N) is 8. The molecule has 0 saturated carbocycles. The van der Waals surface area contributed by atoms with Crippen molar-refractivity contribution in [2.24, 2.45) is 22.7 Å². The second-order valence-corrected chi connectivity index (χ2v) is 32.0. The van der Waals surface area contributed by atoms with E-state index in [9.17, 15) is 9.59 Å². The summed E-state index contributed by atoms with van der Waals surface area (Å²) < 4.78 is 10.2. The third kappa shape index (κ3) is 13.0. The minimum atomic E-state index is -1.22. The summed E-state index contributed by atoms with van der Waals surface area (Å²) in [6.45, 7) is 23.5. The van der Waals surface area contributed by atoms with Crippen LogP contribution < -0.4 is 10.6 Å². The molecule has 4 fully saturated rings. The Kier molecular flexibility index (Phi) is 16.4. The summed E-state index contributed by atoms with van der Waals surface area (Å²) in [5, 5.41) is 14.3. The first-order valence-electron chi connectivity index (χ1n) is 26.8. The number of aromatic nitrogens is 5. The van der Waals surface area contributed by atoms with Crippen molar-refractivity contribution in [3.8, 4) is 0 Å². The molecule has 0 aliphatic carbocycles. The lowest BCUT2D eigenvalue weighted by molar-refractivity contribution is -0.146. The van der Waals surface area contributed by atoms with E-state index in [2.05, 4.69) is 128 Å². The van der Waals surface area contributed by atoms with Gasteiger partial charge in [-0.1, -0.05) is 59.5 Å². The number of hydrogen-bond acceptors (Lipinski definition) is 12. The molecule has 4 saturated heterocycles. The van der Waals surface area contributed by atoms with Crippen molar-refractivity contribution in [2.45, 2.75) is 136 Å². The molecule has 6 aromatic rings. The third-order valence-electron chi connectivity index (χ3n) is 16.2. The van der Waals surface area contributed by atoms with Crippen LogP contribution in [0.3, 0.4) is 0 Å². The highest BCUT2D eigenvalue weighted by Gasteiger charge is 2.36. The summed E-state index contributed by atoms with van der Waals surface area (Å²) in [5.41, 5.74) is 6.47. The summed E-state index contributed by atoms with van der Waals surface area (Å²) in [4.78, 5) is 48.5. The Morgan fingerprint density at radius 3 is 1.99 bits per heavy atom. The summed E-state index contributed by atoms with van der Waals surface area (Å²) in [6.07, 6.45) is 16.4. The molecule has 13 nitrogen and oxygen atoms in total. The van der Waals surface area contributed by atoms with Crippen molar-refractivity contribution < 1.29 is 14.3 Å². The number of hydrogen-bond donors (Lipinski definition) is 2. The number of pyridine rings is 1. The van der Waals surface area contributed by atoms with E-state index in [1.165, 1.54) is 82.1 Å². The van der Waals surface area contributed by atoms with Crippen LogP contribution in [0.25, 0.3) is 31.3 Å². The highest BCUT2D eigenvalue weighted by molar-refractivity contribution is 7.18. The molecule has 72 heavy (non-hydrogen) atoms. The van der Waals surface area contributed by atoms with E-state index in [0.717, 1.165) is 73.7 Å². The van der Waals surface area contributed by atoms with E-state index in [1.807, 2.05) is 11.3 Å². The zero-order valence-corrected chi connectivity index (χ0v) is 47.2. The Morgan fingerprint density at radius 1 is 0.792 bits per heavy atom. The first-order valence-corrected chi connectivity index (χ1v) is 32.1. The van der Waals surface area contributed by atoms with Crippen molar-refractivity contribution in [3.63, 3.8) is 0 Å². The molecule has 0 radical (unpaired) electrons. The first-order chi connectivity index (χ1) is 34.4. The van der Waals surface area contributed by atoms with Gasteiger partial charge in [0.25, 0.3) is 0 Å². The quantitative estimate of drug-likeness (QED) is 0.0693. The van der Waals surface area contributed by atoms with Gasteiger partial charge in [-0.25, -0.2) is 14.6 Å². The van der Waals surface area contributed by atoms with Crippen LogP contribution in [-0.4, -0.2) is 119 Å². The minimum Gasteiger partial charge on any atom is -0.360 e. The Hall–Kier alpha value is -4.16. The fraction of sp³-hybridized carbons (Fsp3) is 0.607. The van der Waals surface area contributed by atoms with Gasteiger partial charge in [0.05, 0.1) is 60.1 Å². The standard InChI is InChI=1S/C35H49N7O3SSi.C21H31N3S/c1-24-7-9-29(25-8-10-30-27(17-25)38-31(46-30)18-35(2)11-13-40(3)14-12-35)41(22-24)34(44)33(43)39-28-21-36-19-26-20-37-42(32(26)28)23-45-15-16-47(4,5)6;1-15-4-6-17(22-14-15)16-5-7-19-18(12-16)23-20(25-19)13-21(2)8-10-24(3)11-9-21/h8,10,17,19-21,24,29H,7,9,11-16,18,22-23H2,1-6H3,(H,39,43);5,7,12,15,17,22H,4,6,8-11,13-14H2,1-3H3/t24-,29+;15-,17+/m00/s1. The number of likely N-dealkylation sites (tertiary alicyclic amines) is 3. The monoisotopic (exact) mass is 1030 g/mol. The molecule has 4 atom stereocenters. The van der Waals surface area contributed by atoms with Gasteiger partial charge in [0.1, 0.15) is 6.73 Å². The van der Waals surface area contributed by atoms with Crippen molar-refractivity contribution in [1.82, 2.24) is 44.7 Å². The molecule has 16 heteroatoms. The van der Waals surface area contributed by atoms with Crippen LogP contribution in [0.1, 0.15) is 112 Å². The largest absolute Gasteiger partial charge is 0.360 e. The normalized spacial score (nSPS) is 23.0. The molecule has 388 valence electrons. The van der Waals surface area contributed by atoms with E-state index < -0.39 is 19.9 Å². The Balaban J connectivity index is 0.000000214. The maximum atomic E-state index is 13.9. The second-order valence-electron chi connectivity index (χ2n) is 24.1. The average molecular weight is 1030 g/mol. The van der Waals surface area contributed by atoms with Crippen molar-refractivity contribution in [3.05, 3.63) is 76.1 Å². The lowest BCUT2D eigenvalue weighted by Gasteiger charge is -2.38. The SMILES string of the molecule is C[C@H]1CC[C@H](c2ccc3sc(CC4(C)CCN(C)CC4)nc3c2)N(C(=O)C(=O)Nc2cncc3cnn(COCC[Si](C)(C)C)c23)C1.C[C@H]1CC[C@H](c2ccc3sc(CC4(C)CCN(C)CC4)nc3c2)NC1. The zero-order chi connectivity index (χ0) is 50.8. The molecule has 4 aromatic heterocycles. The molecule has 10 rings (SSSR count). The van der Waals surface area contributed by atoms with E-state index in [1.54, 1.807) is 39.5 Å². The second kappa shape index (κ2) is 22.4. The number of carbonyl (C=O) groups excluding carboxylic acids is 2. The van der Waals surface area contributed by atoms with Crippen LogP contribution in [0.5, 0.6) is 0 Å². The van der Waals surface area contributed by atoms with Crippen LogP contribution in [0.15, 0.2) is 55.0 Å². The smallest absolute Gasteiger partial charge is 0.314 e. The fourth-order valence-electron chi connectivity index (χ4n) is 11.0. The third-order valence-corrected chi connectivity index (χ3v) is 20.0. The highest BCUT2D eigenvalue weighted by Crippen LogP contribution is 2.40. The van der Waals surface area contributed by atoms with Gasteiger partial charge in [0.2, 0.25) is 0 Å². The average Bonchev–Trinajstić information content (AvgIpc) is 4.08. The first kappa shape index (κ1) is 52.7. The number of anilines is 1. The number of amides is 2. The van der Waals surface area contributed by atoms with Crippen molar-refractivity contribution >= 4 is 79.6 Å². The molecule has 2 N–H and O–H groups in total. The highest BCUT2D eigenvalue weighted by atomic mass is 32.1. The number of fused-ring (bicyclic) bond motifs is 3. The molecule has 4 aliphatic rings. The van der Waals surface area contributed by atoms with Gasteiger partial charge < -0.3 is 30.1 Å². The number of rotatable bonds is 12. The fourth-order valence-corrected chi connectivity index (χ4v) is 14.1. The van der Waals surface area contributed by atoms with Gasteiger partial charge in [0, 0.05) is 51.7 Å². The number of benzene rings is 2. The number of carbonyl (C=O) groups is 2. The van der Waals surface area contributed by atoms with Crippen LogP contribution in [0.2, 0.25) is 25.7 Å². The molecule has 8 heterocycles. The Bertz CT molecular complexity index is 2810. The van der Waals surface area contributed by atoms with Gasteiger partial charge in [-0.05, 0) is 162 Å². The molecule has 0 unspecified atom stereocenters. The van der Waals surface area contributed by atoms with E-state index in [4.69, 9.17) is 14.7 Å². The van der Waals surface area contributed by atoms with Crippen LogP contribution in [0.4, 0.5) is 5.69 Å². The molecular weight excluding hydrogens is 953 g/mol. The molecule has 0 spiro atoms. The van der Waals surface area contributed by atoms with Crippen LogP contribution >= 0.6 is 22.7 Å². The van der Waals surface area contributed by atoms with Crippen molar-refractivity contribution in [2.75, 3.05) is 65.3 Å². The minimum absolute atomic E-state index is 0.190. The lowest BCUT2D eigenvalue weighted by atomic mass is 9.78. The van der Waals surface area contributed by atoms with Gasteiger partial charge >= 0.3 is 11.8 Å². The van der Waals surface area contributed by atoms with E-state index in [0.29, 0.717) is 41.7 Å². The summed E-state index contributed by atoms with van der Waals surface area (Å²) in [5.74, 6) is -0.103. The van der Waals surface area contributed by atoms with Crippen LogP contribution in [0, 0.1) is 22.7 Å². The van der Waals surface area contributed by atoms with Gasteiger partial charge in [-0.3, -0.25) is 14.6 Å². The molecule has 2 amide bonds.